The second-order valence-corrected chi connectivity index (χ2v) is 7.09. The molecule has 1 aromatic heterocycles. The van der Waals surface area contributed by atoms with E-state index < -0.39 is 0 Å². The van der Waals surface area contributed by atoms with Gasteiger partial charge in [0, 0.05) is 10.9 Å². The van der Waals surface area contributed by atoms with E-state index >= 15 is 0 Å². The number of benzene rings is 2. The number of thiazole rings is 1. The Morgan fingerprint density at radius 2 is 1.89 bits per heavy atom. The molecule has 2 aromatic carbocycles. The van der Waals surface area contributed by atoms with Crippen LogP contribution in [0.3, 0.4) is 0 Å². The third kappa shape index (κ3) is 4.78. The lowest BCUT2D eigenvalue weighted by atomic mass is 10.1. The number of aromatic nitrogens is 1. The maximum atomic E-state index is 12.1. The topological polar surface area (TPSA) is 69.7 Å². The van der Waals surface area contributed by atoms with Gasteiger partial charge in [-0.15, -0.1) is 11.3 Å². The van der Waals surface area contributed by atoms with Gasteiger partial charge in [-0.1, -0.05) is 12.1 Å². The van der Waals surface area contributed by atoms with Crippen molar-refractivity contribution in [3.8, 4) is 28.5 Å². The Hall–Kier alpha value is -2.58. The quantitative estimate of drug-likeness (QED) is 0.571. The summed E-state index contributed by atoms with van der Waals surface area (Å²) < 4.78 is 16.9. The van der Waals surface area contributed by atoms with Crippen molar-refractivity contribution in [1.82, 2.24) is 4.98 Å². The SMILES string of the molecule is COc1ccc(-c2csc(NC(=O)COc3ccccc3Br)n2)cc1OC. The highest BCUT2D eigenvalue weighted by Gasteiger charge is 2.12. The fraction of sp³-hybridized carbons (Fsp3) is 0.158. The number of nitrogens with one attached hydrogen (secondary N) is 1. The van der Waals surface area contributed by atoms with Crippen molar-refractivity contribution >= 4 is 38.3 Å². The van der Waals surface area contributed by atoms with E-state index in [-0.39, 0.29) is 12.5 Å². The minimum Gasteiger partial charge on any atom is -0.493 e. The molecule has 0 aliphatic rings. The number of halogens is 1. The number of amides is 1. The normalized spacial score (nSPS) is 10.3. The zero-order valence-electron chi connectivity index (χ0n) is 14.7. The standard InChI is InChI=1S/C19H17BrN2O4S/c1-24-16-8-7-12(9-17(16)25-2)14-11-27-19(21-14)22-18(23)10-26-15-6-4-3-5-13(15)20/h3-9,11H,10H2,1-2H3,(H,21,22,23). The van der Waals surface area contributed by atoms with Crippen LogP contribution >= 0.6 is 27.3 Å². The molecule has 3 aromatic rings. The third-order valence-electron chi connectivity index (χ3n) is 3.63. The maximum absolute atomic E-state index is 12.1. The average molecular weight is 449 g/mol. The van der Waals surface area contributed by atoms with Crippen LogP contribution in [0, 0.1) is 0 Å². The molecular formula is C19H17BrN2O4S. The number of carbonyl (C=O) groups is 1. The van der Waals surface area contributed by atoms with Crippen LogP contribution in [0.2, 0.25) is 0 Å². The molecule has 0 saturated heterocycles. The first-order valence-corrected chi connectivity index (χ1v) is 9.63. The van der Waals surface area contributed by atoms with Crippen LogP contribution in [-0.2, 0) is 4.79 Å². The van der Waals surface area contributed by atoms with Crippen LogP contribution in [-0.4, -0.2) is 31.7 Å². The Morgan fingerprint density at radius 1 is 1.11 bits per heavy atom. The highest BCUT2D eigenvalue weighted by molar-refractivity contribution is 9.10. The minimum atomic E-state index is -0.279. The minimum absolute atomic E-state index is 0.103. The summed E-state index contributed by atoms with van der Waals surface area (Å²) in [6.07, 6.45) is 0. The van der Waals surface area contributed by atoms with Crippen LogP contribution in [0.1, 0.15) is 0 Å². The van der Waals surface area contributed by atoms with Gasteiger partial charge in [0.05, 0.1) is 24.4 Å². The lowest BCUT2D eigenvalue weighted by Crippen LogP contribution is -2.20. The average Bonchev–Trinajstić information content (AvgIpc) is 3.15. The Bertz CT molecular complexity index is 945. The molecule has 0 atom stereocenters. The van der Waals surface area contributed by atoms with E-state index in [4.69, 9.17) is 14.2 Å². The number of para-hydroxylation sites is 1. The van der Waals surface area contributed by atoms with Gasteiger partial charge in [-0.3, -0.25) is 10.1 Å². The molecule has 6 nitrogen and oxygen atoms in total. The number of carbonyl (C=O) groups excluding carboxylic acids is 1. The first-order valence-electron chi connectivity index (χ1n) is 7.96. The summed E-state index contributed by atoms with van der Waals surface area (Å²) in [6.45, 7) is -0.103. The molecule has 0 spiro atoms. The van der Waals surface area contributed by atoms with E-state index in [1.165, 1.54) is 11.3 Å². The van der Waals surface area contributed by atoms with Gasteiger partial charge in [-0.05, 0) is 46.3 Å². The molecule has 0 radical (unpaired) electrons. The molecule has 0 unspecified atom stereocenters. The number of methoxy groups -OCH3 is 2. The van der Waals surface area contributed by atoms with Gasteiger partial charge >= 0.3 is 0 Å². The van der Waals surface area contributed by atoms with Crippen molar-refractivity contribution < 1.29 is 19.0 Å². The maximum Gasteiger partial charge on any atom is 0.264 e. The number of ether oxygens (including phenoxy) is 3. The van der Waals surface area contributed by atoms with Gasteiger partial charge in [0.15, 0.2) is 23.2 Å². The molecule has 1 heterocycles. The van der Waals surface area contributed by atoms with E-state index in [9.17, 15) is 4.79 Å². The number of nitrogens with zero attached hydrogens (tertiary/aromatic N) is 1. The molecule has 27 heavy (non-hydrogen) atoms. The summed E-state index contributed by atoms with van der Waals surface area (Å²) in [6, 6.07) is 12.9. The summed E-state index contributed by atoms with van der Waals surface area (Å²) in [5.41, 5.74) is 1.61. The van der Waals surface area contributed by atoms with Crippen molar-refractivity contribution in [3.63, 3.8) is 0 Å². The van der Waals surface area contributed by atoms with Crippen LogP contribution in [0.5, 0.6) is 17.2 Å². The van der Waals surface area contributed by atoms with Crippen LogP contribution in [0.4, 0.5) is 5.13 Å². The predicted molar refractivity (Wildman–Crippen MR) is 109 cm³/mol. The molecule has 1 amide bonds. The second kappa shape index (κ2) is 8.88. The summed E-state index contributed by atoms with van der Waals surface area (Å²) in [4.78, 5) is 16.6. The van der Waals surface area contributed by atoms with E-state index in [2.05, 4.69) is 26.2 Å². The first kappa shape index (κ1) is 19.2. The summed E-state index contributed by atoms with van der Waals surface area (Å²) in [5, 5.41) is 5.11. The van der Waals surface area contributed by atoms with Crippen molar-refractivity contribution in [2.24, 2.45) is 0 Å². The van der Waals surface area contributed by atoms with Crippen LogP contribution < -0.4 is 19.5 Å². The van der Waals surface area contributed by atoms with E-state index in [1.54, 1.807) is 20.3 Å². The van der Waals surface area contributed by atoms with Crippen molar-refractivity contribution in [3.05, 3.63) is 52.3 Å². The number of hydrogen-bond donors (Lipinski definition) is 1. The number of anilines is 1. The Balaban J connectivity index is 1.64. The van der Waals surface area contributed by atoms with Crippen molar-refractivity contribution in [2.75, 3.05) is 26.1 Å². The molecule has 0 fully saturated rings. The fourth-order valence-electron chi connectivity index (χ4n) is 2.32. The van der Waals surface area contributed by atoms with E-state index in [0.717, 1.165) is 15.7 Å². The second-order valence-electron chi connectivity index (χ2n) is 5.37. The smallest absolute Gasteiger partial charge is 0.264 e. The third-order valence-corrected chi connectivity index (χ3v) is 5.04. The monoisotopic (exact) mass is 448 g/mol. The fourth-order valence-corrected chi connectivity index (χ4v) is 3.45. The Morgan fingerprint density at radius 3 is 2.63 bits per heavy atom. The van der Waals surface area contributed by atoms with Gasteiger partial charge in [0.2, 0.25) is 0 Å². The molecule has 0 aliphatic heterocycles. The van der Waals surface area contributed by atoms with Crippen molar-refractivity contribution in [2.45, 2.75) is 0 Å². The van der Waals surface area contributed by atoms with Crippen molar-refractivity contribution in [1.29, 1.82) is 0 Å². The molecule has 0 bridgehead atoms. The number of rotatable bonds is 7. The van der Waals surface area contributed by atoms with Gasteiger partial charge < -0.3 is 14.2 Å². The molecule has 0 saturated carbocycles. The largest absolute Gasteiger partial charge is 0.493 e. The first-order chi connectivity index (χ1) is 13.1. The predicted octanol–water partition coefficient (Wildman–Crippen LogP) is 4.61. The van der Waals surface area contributed by atoms with E-state index in [1.807, 2.05) is 41.8 Å². The zero-order valence-corrected chi connectivity index (χ0v) is 17.1. The van der Waals surface area contributed by atoms with Gasteiger partial charge in [-0.2, -0.15) is 0 Å². The van der Waals surface area contributed by atoms with Gasteiger partial charge in [0.1, 0.15) is 5.75 Å². The lowest BCUT2D eigenvalue weighted by Gasteiger charge is -2.08. The molecule has 3 rings (SSSR count). The van der Waals surface area contributed by atoms with Crippen LogP contribution in [0.25, 0.3) is 11.3 Å². The van der Waals surface area contributed by atoms with Gasteiger partial charge in [0.25, 0.3) is 5.91 Å². The summed E-state index contributed by atoms with van der Waals surface area (Å²) in [5.74, 6) is 1.60. The summed E-state index contributed by atoms with van der Waals surface area (Å²) >= 11 is 4.72. The Labute approximate surface area is 169 Å². The molecular weight excluding hydrogens is 432 g/mol. The number of hydrogen-bond acceptors (Lipinski definition) is 6. The molecule has 0 aliphatic carbocycles. The highest BCUT2D eigenvalue weighted by Crippen LogP contribution is 2.33. The lowest BCUT2D eigenvalue weighted by molar-refractivity contribution is -0.118. The van der Waals surface area contributed by atoms with Gasteiger partial charge in [-0.25, -0.2) is 4.98 Å². The molecule has 140 valence electrons. The summed E-state index contributed by atoms with van der Waals surface area (Å²) in [7, 11) is 3.17. The zero-order chi connectivity index (χ0) is 19.2. The Kier molecular flexibility index (Phi) is 6.31. The highest BCUT2D eigenvalue weighted by atomic mass is 79.9. The molecule has 8 heteroatoms. The molecule has 1 N–H and O–H groups in total. The van der Waals surface area contributed by atoms with Crippen LogP contribution in [0.15, 0.2) is 52.3 Å². The van der Waals surface area contributed by atoms with E-state index in [0.29, 0.717) is 22.4 Å².